The van der Waals surface area contributed by atoms with Crippen molar-refractivity contribution >= 4 is 11.6 Å². The molecule has 6 nitrogen and oxygen atoms in total. The lowest BCUT2D eigenvalue weighted by molar-refractivity contribution is -0.115. The Balaban J connectivity index is 2.79. The van der Waals surface area contributed by atoms with Crippen molar-refractivity contribution in [1.29, 1.82) is 0 Å². The molecular weight excluding hydrogens is 239 g/mol. The normalized spacial score (nSPS) is 11.4. The van der Waals surface area contributed by atoms with Crippen molar-refractivity contribution in [3.05, 3.63) is 11.9 Å². The van der Waals surface area contributed by atoms with Gasteiger partial charge in [0.05, 0.1) is 0 Å². The Labute approximate surface area is 95.4 Å². The molecule has 1 aromatic heterocycles. The van der Waals surface area contributed by atoms with E-state index in [-0.39, 0.29) is 24.1 Å². The van der Waals surface area contributed by atoms with E-state index in [1.54, 1.807) is 0 Å². The topological polar surface area (TPSA) is 85.1 Å². The molecule has 0 aliphatic heterocycles. The Hall–Kier alpha value is -1.61. The second-order valence-electron chi connectivity index (χ2n) is 3.10. The summed E-state index contributed by atoms with van der Waals surface area (Å²) in [5.74, 6) is 5.59. The van der Waals surface area contributed by atoms with E-state index in [2.05, 4.69) is 20.7 Å². The van der Waals surface area contributed by atoms with Crippen molar-refractivity contribution in [2.45, 2.75) is 12.8 Å². The van der Waals surface area contributed by atoms with Crippen LogP contribution in [0.3, 0.4) is 0 Å². The van der Waals surface area contributed by atoms with Gasteiger partial charge in [0.2, 0.25) is 0 Å². The molecule has 0 fully saturated rings. The molecule has 0 saturated carbocycles. The number of nitrogen functional groups attached to an aromatic ring is 1. The van der Waals surface area contributed by atoms with Crippen molar-refractivity contribution in [2.24, 2.45) is 5.84 Å². The summed E-state index contributed by atoms with van der Waals surface area (Å²) in [6, 6.07) is 1.27. The zero-order valence-electron chi connectivity index (χ0n) is 9.01. The van der Waals surface area contributed by atoms with Gasteiger partial charge in [0.25, 0.3) is 0 Å². The molecule has 1 rings (SSSR count). The number of nitrogens with zero attached hydrogens (tertiary/aromatic N) is 2. The maximum atomic E-state index is 12.0. The SMILES string of the molecule is COCc1nc(NN)cc(NCC(F)(F)F)n1. The van der Waals surface area contributed by atoms with Gasteiger partial charge in [0.15, 0.2) is 5.82 Å². The Kier molecular flexibility index (Phi) is 4.46. The Morgan fingerprint density at radius 1 is 1.35 bits per heavy atom. The lowest BCUT2D eigenvalue weighted by Crippen LogP contribution is -2.22. The van der Waals surface area contributed by atoms with E-state index in [4.69, 9.17) is 10.6 Å². The number of nitrogens with two attached hydrogens (primary N) is 1. The summed E-state index contributed by atoms with van der Waals surface area (Å²) in [5.41, 5.74) is 2.24. The zero-order valence-corrected chi connectivity index (χ0v) is 9.01. The molecule has 1 aromatic rings. The quantitative estimate of drug-likeness (QED) is 0.532. The fraction of sp³-hybridized carbons (Fsp3) is 0.500. The molecule has 17 heavy (non-hydrogen) atoms. The lowest BCUT2D eigenvalue weighted by Gasteiger charge is -2.11. The van der Waals surface area contributed by atoms with Crippen LogP contribution in [0.15, 0.2) is 6.07 Å². The number of halogens is 3. The van der Waals surface area contributed by atoms with Crippen LogP contribution in [-0.4, -0.2) is 29.8 Å². The van der Waals surface area contributed by atoms with Crippen LogP contribution in [0, 0.1) is 0 Å². The third-order valence-corrected chi connectivity index (χ3v) is 1.66. The number of hydrogen-bond acceptors (Lipinski definition) is 6. The first-order valence-electron chi connectivity index (χ1n) is 4.58. The number of alkyl halides is 3. The highest BCUT2D eigenvalue weighted by molar-refractivity contribution is 5.46. The number of anilines is 2. The van der Waals surface area contributed by atoms with Gasteiger partial charge in [-0.15, -0.1) is 0 Å². The average Bonchev–Trinajstić information content (AvgIpc) is 2.25. The van der Waals surface area contributed by atoms with Gasteiger partial charge in [-0.3, -0.25) is 0 Å². The van der Waals surface area contributed by atoms with E-state index in [1.807, 2.05) is 0 Å². The van der Waals surface area contributed by atoms with Gasteiger partial charge in [-0.25, -0.2) is 15.8 Å². The van der Waals surface area contributed by atoms with Crippen LogP contribution in [0.25, 0.3) is 0 Å². The average molecular weight is 251 g/mol. The highest BCUT2D eigenvalue weighted by Gasteiger charge is 2.26. The minimum absolute atomic E-state index is 0.0253. The van der Waals surface area contributed by atoms with Crippen LogP contribution in [0.2, 0.25) is 0 Å². The second-order valence-corrected chi connectivity index (χ2v) is 3.10. The van der Waals surface area contributed by atoms with Gasteiger partial charge >= 0.3 is 6.18 Å². The number of rotatable bonds is 5. The monoisotopic (exact) mass is 251 g/mol. The van der Waals surface area contributed by atoms with Crippen LogP contribution in [0.4, 0.5) is 24.8 Å². The molecule has 0 atom stereocenters. The van der Waals surface area contributed by atoms with Crippen LogP contribution >= 0.6 is 0 Å². The summed E-state index contributed by atoms with van der Waals surface area (Å²) in [5, 5.41) is 2.13. The second kappa shape index (κ2) is 5.64. The zero-order chi connectivity index (χ0) is 12.9. The lowest BCUT2D eigenvalue weighted by atomic mass is 10.4. The maximum Gasteiger partial charge on any atom is 0.405 e. The summed E-state index contributed by atoms with van der Waals surface area (Å²) in [7, 11) is 1.43. The number of aromatic nitrogens is 2. The molecule has 4 N–H and O–H groups in total. The molecule has 0 saturated heterocycles. The first-order chi connectivity index (χ1) is 7.94. The van der Waals surface area contributed by atoms with Crippen molar-refractivity contribution in [1.82, 2.24) is 9.97 Å². The number of hydrogen-bond donors (Lipinski definition) is 3. The molecule has 0 radical (unpaired) electrons. The van der Waals surface area contributed by atoms with Crippen LogP contribution < -0.4 is 16.6 Å². The van der Waals surface area contributed by atoms with E-state index >= 15 is 0 Å². The van der Waals surface area contributed by atoms with Gasteiger partial charge in [-0.05, 0) is 0 Å². The minimum atomic E-state index is -4.32. The van der Waals surface area contributed by atoms with E-state index in [0.717, 1.165) is 0 Å². The molecule has 0 aliphatic carbocycles. The first-order valence-corrected chi connectivity index (χ1v) is 4.58. The van der Waals surface area contributed by atoms with E-state index in [9.17, 15) is 13.2 Å². The van der Waals surface area contributed by atoms with Gasteiger partial charge in [0, 0.05) is 13.2 Å². The molecule has 9 heteroatoms. The summed E-state index contributed by atoms with van der Waals surface area (Å²) in [6.45, 7) is -1.10. The number of hydrazine groups is 1. The van der Waals surface area contributed by atoms with Crippen LogP contribution in [0.5, 0.6) is 0 Å². The third kappa shape index (κ3) is 4.83. The van der Waals surface area contributed by atoms with Crippen molar-refractivity contribution in [3.8, 4) is 0 Å². The number of nitrogens with one attached hydrogen (secondary N) is 2. The predicted molar refractivity (Wildman–Crippen MR) is 55.1 cm³/mol. The molecule has 0 bridgehead atoms. The van der Waals surface area contributed by atoms with E-state index in [0.29, 0.717) is 0 Å². The van der Waals surface area contributed by atoms with Gasteiger partial charge in [-0.1, -0.05) is 0 Å². The van der Waals surface area contributed by atoms with Crippen LogP contribution in [-0.2, 0) is 11.3 Å². The summed E-state index contributed by atoms with van der Waals surface area (Å²) < 4.78 is 40.8. The molecule has 1 heterocycles. The molecule has 0 spiro atoms. The largest absolute Gasteiger partial charge is 0.405 e. The van der Waals surface area contributed by atoms with Gasteiger partial charge < -0.3 is 15.5 Å². The molecule has 96 valence electrons. The molecule has 0 aromatic carbocycles. The van der Waals surface area contributed by atoms with Gasteiger partial charge in [-0.2, -0.15) is 13.2 Å². The first kappa shape index (κ1) is 13.5. The Morgan fingerprint density at radius 2 is 2.00 bits per heavy atom. The van der Waals surface area contributed by atoms with Crippen molar-refractivity contribution in [3.63, 3.8) is 0 Å². The van der Waals surface area contributed by atoms with Gasteiger partial charge in [0.1, 0.15) is 24.8 Å². The predicted octanol–water partition coefficient (Wildman–Crippen LogP) is 0.883. The van der Waals surface area contributed by atoms with Crippen LogP contribution in [0.1, 0.15) is 5.82 Å². The smallest absolute Gasteiger partial charge is 0.377 e. The highest BCUT2D eigenvalue weighted by Crippen LogP contribution is 2.17. The third-order valence-electron chi connectivity index (χ3n) is 1.66. The molecule has 0 aliphatic rings. The van der Waals surface area contributed by atoms with Crippen molar-refractivity contribution in [2.75, 3.05) is 24.4 Å². The molecule has 0 amide bonds. The highest BCUT2D eigenvalue weighted by atomic mass is 19.4. The number of methoxy groups -OCH3 is 1. The fourth-order valence-electron chi connectivity index (χ4n) is 1.05. The maximum absolute atomic E-state index is 12.0. The number of ether oxygens (including phenoxy) is 1. The fourth-order valence-corrected chi connectivity index (χ4v) is 1.05. The summed E-state index contributed by atoms with van der Waals surface area (Å²) in [6.07, 6.45) is -4.32. The summed E-state index contributed by atoms with van der Waals surface area (Å²) >= 11 is 0. The Morgan fingerprint density at radius 3 is 2.53 bits per heavy atom. The van der Waals surface area contributed by atoms with E-state index < -0.39 is 12.7 Å². The summed E-state index contributed by atoms with van der Waals surface area (Å²) in [4.78, 5) is 7.72. The van der Waals surface area contributed by atoms with E-state index in [1.165, 1.54) is 13.2 Å². The molecule has 0 unspecified atom stereocenters. The van der Waals surface area contributed by atoms with Crippen molar-refractivity contribution < 1.29 is 17.9 Å². The minimum Gasteiger partial charge on any atom is -0.377 e. The Bertz CT molecular complexity index is 371. The molecular formula is C8H12F3N5O. The standard InChI is InChI=1S/C8H12F3N5O/c1-17-3-7-14-5(2-6(15-7)16-12)13-4-8(9,10)11/h2H,3-4,12H2,1H3,(H2,13,14,15,16).